The highest BCUT2D eigenvalue weighted by molar-refractivity contribution is 6.14. The molecule has 0 aliphatic heterocycles. The molecule has 1 amide bonds. The summed E-state index contributed by atoms with van der Waals surface area (Å²) in [6, 6.07) is 14.2. The molecular weight excluding hydrogens is 372 g/mol. The van der Waals surface area contributed by atoms with Gasteiger partial charge in [0.1, 0.15) is 0 Å². The van der Waals surface area contributed by atoms with E-state index in [-0.39, 0.29) is 41.9 Å². The van der Waals surface area contributed by atoms with Crippen molar-refractivity contribution in [3.8, 4) is 6.07 Å². The average Bonchev–Trinajstić information content (AvgIpc) is 2.72. The summed E-state index contributed by atoms with van der Waals surface area (Å²) in [5.74, 6) is -0.705. The Labute approximate surface area is 169 Å². The Hall–Kier alpha value is -3.57. The maximum Gasteiger partial charge on any atom is 0.270 e. The van der Waals surface area contributed by atoms with E-state index in [4.69, 9.17) is 5.26 Å². The highest BCUT2D eigenvalue weighted by Crippen LogP contribution is 2.27. The number of anilines is 1. The number of non-ortho nitro benzene ring substituents is 1. The van der Waals surface area contributed by atoms with Crippen molar-refractivity contribution in [2.45, 2.75) is 19.4 Å². The van der Waals surface area contributed by atoms with Crippen molar-refractivity contribution in [3.63, 3.8) is 0 Å². The monoisotopic (exact) mass is 394 g/mol. The molecule has 0 aromatic heterocycles. The van der Waals surface area contributed by atoms with E-state index in [1.54, 1.807) is 42.3 Å². The van der Waals surface area contributed by atoms with Gasteiger partial charge >= 0.3 is 0 Å². The maximum atomic E-state index is 13.0. The van der Waals surface area contributed by atoms with Gasteiger partial charge in [0.25, 0.3) is 5.69 Å². The Bertz CT molecular complexity index is 953. The summed E-state index contributed by atoms with van der Waals surface area (Å²) < 4.78 is 0. The number of nitro benzene ring substituents is 1. The van der Waals surface area contributed by atoms with Crippen LogP contribution in [0.5, 0.6) is 0 Å². The lowest BCUT2D eigenvalue weighted by Gasteiger charge is -2.26. The highest BCUT2D eigenvalue weighted by atomic mass is 16.6. The number of nitriles is 1. The van der Waals surface area contributed by atoms with Crippen LogP contribution in [0.15, 0.2) is 48.5 Å². The summed E-state index contributed by atoms with van der Waals surface area (Å²) in [6.07, 6.45) is 0.281. The van der Waals surface area contributed by atoms with Gasteiger partial charge in [0.15, 0.2) is 5.78 Å². The van der Waals surface area contributed by atoms with Crippen LogP contribution in [-0.2, 0) is 4.79 Å². The zero-order chi connectivity index (χ0) is 21.6. The minimum atomic E-state index is -0.579. The van der Waals surface area contributed by atoms with Crippen LogP contribution in [0.1, 0.15) is 29.3 Å². The summed E-state index contributed by atoms with van der Waals surface area (Å²) in [4.78, 5) is 39.4. The van der Waals surface area contributed by atoms with Gasteiger partial charge in [-0.25, -0.2) is 0 Å². The molecule has 0 fully saturated rings. The van der Waals surface area contributed by atoms with Crippen molar-refractivity contribution in [1.29, 1.82) is 5.26 Å². The fourth-order valence-corrected chi connectivity index (χ4v) is 2.75. The third kappa shape index (κ3) is 5.24. The molecular formula is C21H22N4O4. The summed E-state index contributed by atoms with van der Waals surface area (Å²) in [6.45, 7) is 1.88. The van der Waals surface area contributed by atoms with Gasteiger partial charge in [0.05, 0.1) is 35.2 Å². The molecule has 0 aliphatic rings. The summed E-state index contributed by atoms with van der Waals surface area (Å²) >= 11 is 0. The first-order valence-corrected chi connectivity index (χ1v) is 8.98. The first-order chi connectivity index (χ1) is 13.8. The second-order valence-electron chi connectivity index (χ2n) is 6.73. The van der Waals surface area contributed by atoms with E-state index in [2.05, 4.69) is 6.07 Å². The molecule has 2 aromatic rings. The molecule has 0 radical (unpaired) electrons. The van der Waals surface area contributed by atoms with E-state index in [1.807, 2.05) is 6.92 Å². The third-order valence-electron chi connectivity index (χ3n) is 4.73. The Morgan fingerprint density at radius 1 is 1.17 bits per heavy atom. The van der Waals surface area contributed by atoms with E-state index in [9.17, 15) is 19.7 Å². The molecule has 1 unspecified atom stereocenters. The number of likely N-dealkylation sites (N-methyl/N-ethyl adjacent to an activating group) is 2. The van der Waals surface area contributed by atoms with Crippen LogP contribution < -0.4 is 4.90 Å². The molecule has 0 bridgehead atoms. The first-order valence-electron chi connectivity index (χ1n) is 8.98. The van der Waals surface area contributed by atoms with Crippen molar-refractivity contribution >= 4 is 23.1 Å². The van der Waals surface area contributed by atoms with Crippen LogP contribution in [0, 0.1) is 21.4 Å². The SMILES string of the molecule is CC(CC#N)N(C)CC(=O)N(C)c1ccc([N+](=O)[O-])cc1C(=O)c1ccccc1. The molecule has 150 valence electrons. The van der Waals surface area contributed by atoms with E-state index in [1.165, 1.54) is 30.1 Å². The van der Waals surface area contributed by atoms with Crippen molar-refractivity contribution < 1.29 is 14.5 Å². The largest absolute Gasteiger partial charge is 0.314 e. The normalized spacial score (nSPS) is 11.6. The lowest BCUT2D eigenvalue weighted by molar-refractivity contribution is -0.384. The van der Waals surface area contributed by atoms with E-state index < -0.39 is 10.7 Å². The smallest absolute Gasteiger partial charge is 0.270 e. The molecule has 1 atom stereocenters. The lowest BCUT2D eigenvalue weighted by atomic mass is 10.0. The number of carbonyl (C=O) groups excluding carboxylic acids is 2. The maximum absolute atomic E-state index is 13.0. The summed E-state index contributed by atoms with van der Waals surface area (Å²) in [7, 11) is 3.26. The number of amides is 1. The third-order valence-corrected chi connectivity index (χ3v) is 4.73. The second kappa shape index (κ2) is 9.57. The number of nitrogens with zero attached hydrogens (tertiary/aromatic N) is 4. The fourth-order valence-electron chi connectivity index (χ4n) is 2.75. The number of benzene rings is 2. The lowest BCUT2D eigenvalue weighted by Crippen LogP contribution is -2.40. The number of ketones is 1. The quantitative estimate of drug-likeness (QED) is 0.387. The van der Waals surface area contributed by atoms with Crippen LogP contribution >= 0.6 is 0 Å². The van der Waals surface area contributed by atoms with Gasteiger partial charge in [-0.2, -0.15) is 5.26 Å². The molecule has 2 rings (SSSR count). The topological polar surface area (TPSA) is 108 Å². The Kier molecular flexibility index (Phi) is 7.17. The van der Waals surface area contributed by atoms with Gasteiger partial charge < -0.3 is 4.90 Å². The molecule has 0 spiro atoms. The Morgan fingerprint density at radius 3 is 2.41 bits per heavy atom. The number of rotatable bonds is 8. The number of nitro groups is 1. The van der Waals surface area contributed by atoms with Gasteiger partial charge in [-0.1, -0.05) is 30.3 Å². The summed E-state index contributed by atoms with van der Waals surface area (Å²) in [5.41, 5.74) is 0.508. The molecule has 8 nitrogen and oxygen atoms in total. The van der Waals surface area contributed by atoms with Crippen molar-refractivity contribution in [1.82, 2.24) is 4.90 Å². The van der Waals surface area contributed by atoms with E-state index in [0.717, 1.165) is 0 Å². The zero-order valence-electron chi connectivity index (χ0n) is 16.5. The molecule has 0 aliphatic carbocycles. The van der Waals surface area contributed by atoms with E-state index >= 15 is 0 Å². The second-order valence-corrected chi connectivity index (χ2v) is 6.73. The molecule has 0 saturated carbocycles. The van der Waals surface area contributed by atoms with E-state index in [0.29, 0.717) is 5.56 Å². The Balaban J connectivity index is 2.38. The minimum Gasteiger partial charge on any atom is -0.314 e. The summed E-state index contributed by atoms with van der Waals surface area (Å²) in [5, 5.41) is 20.0. The van der Waals surface area contributed by atoms with Gasteiger partial charge in [-0.3, -0.25) is 24.6 Å². The van der Waals surface area contributed by atoms with Gasteiger partial charge in [0, 0.05) is 30.8 Å². The van der Waals surface area contributed by atoms with Gasteiger partial charge in [-0.15, -0.1) is 0 Å². The van der Waals surface area contributed by atoms with Gasteiger partial charge in [-0.05, 0) is 20.0 Å². The highest BCUT2D eigenvalue weighted by Gasteiger charge is 2.24. The standard InChI is InChI=1S/C21H22N4O4/c1-15(11-12-22)23(2)14-20(26)24(3)19-10-9-17(25(28)29)13-18(19)21(27)16-7-5-4-6-8-16/h4-10,13,15H,11,14H2,1-3H3. The average molecular weight is 394 g/mol. The molecule has 0 saturated heterocycles. The van der Waals surface area contributed by atoms with Crippen LogP contribution in [0.2, 0.25) is 0 Å². The molecule has 0 N–H and O–H groups in total. The van der Waals surface area contributed by atoms with Crippen LogP contribution in [0.3, 0.4) is 0 Å². The number of carbonyl (C=O) groups is 2. The van der Waals surface area contributed by atoms with Crippen LogP contribution in [0.4, 0.5) is 11.4 Å². The Morgan fingerprint density at radius 2 is 1.83 bits per heavy atom. The van der Waals surface area contributed by atoms with Gasteiger partial charge in [0.2, 0.25) is 5.91 Å². The predicted molar refractivity (Wildman–Crippen MR) is 109 cm³/mol. The van der Waals surface area contributed by atoms with Crippen molar-refractivity contribution in [2.75, 3.05) is 25.5 Å². The minimum absolute atomic E-state index is 0.0370. The van der Waals surface area contributed by atoms with Crippen molar-refractivity contribution in [2.24, 2.45) is 0 Å². The predicted octanol–water partition coefficient (Wildman–Crippen LogP) is 3.02. The van der Waals surface area contributed by atoms with Crippen LogP contribution in [-0.4, -0.2) is 48.2 Å². The first kappa shape index (κ1) is 21.7. The molecule has 2 aromatic carbocycles. The number of hydrogen-bond acceptors (Lipinski definition) is 6. The van der Waals surface area contributed by atoms with Crippen LogP contribution in [0.25, 0.3) is 0 Å². The molecule has 0 heterocycles. The fraction of sp³-hybridized carbons (Fsp3) is 0.286. The molecule has 8 heteroatoms. The number of hydrogen-bond donors (Lipinski definition) is 0. The zero-order valence-corrected chi connectivity index (χ0v) is 16.5. The molecule has 29 heavy (non-hydrogen) atoms. The van der Waals surface area contributed by atoms with Crippen molar-refractivity contribution in [3.05, 3.63) is 69.8 Å².